The van der Waals surface area contributed by atoms with E-state index in [9.17, 15) is 9.59 Å². The third-order valence-electron chi connectivity index (χ3n) is 4.18. The molecule has 2 amide bonds. The van der Waals surface area contributed by atoms with Gasteiger partial charge in [-0.15, -0.1) is 0 Å². The maximum atomic E-state index is 12.3. The molecule has 4 nitrogen and oxygen atoms in total. The Kier molecular flexibility index (Phi) is 4.25. The van der Waals surface area contributed by atoms with E-state index in [1.807, 2.05) is 6.92 Å². The lowest BCUT2D eigenvalue weighted by Gasteiger charge is -2.35. The molecule has 2 aliphatic rings. The molecule has 0 radical (unpaired) electrons. The predicted molar refractivity (Wildman–Crippen MR) is 69.9 cm³/mol. The summed E-state index contributed by atoms with van der Waals surface area (Å²) in [5.41, 5.74) is 0. The molecule has 102 valence electrons. The van der Waals surface area contributed by atoms with Crippen molar-refractivity contribution in [3.63, 3.8) is 0 Å². The number of carbonyl (C=O) groups excluding carboxylic acids is 2. The summed E-state index contributed by atoms with van der Waals surface area (Å²) in [4.78, 5) is 25.7. The Balaban J connectivity index is 1.87. The van der Waals surface area contributed by atoms with Gasteiger partial charge < -0.3 is 10.2 Å². The van der Waals surface area contributed by atoms with Gasteiger partial charge in [-0.25, -0.2) is 0 Å². The molecule has 1 heterocycles. The van der Waals surface area contributed by atoms with Crippen molar-refractivity contribution in [2.75, 3.05) is 13.1 Å². The van der Waals surface area contributed by atoms with E-state index in [0.29, 0.717) is 0 Å². The molecule has 0 aromatic carbocycles. The molecule has 1 saturated carbocycles. The van der Waals surface area contributed by atoms with Gasteiger partial charge in [0.1, 0.15) is 6.04 Å². The maximum Gasteiger partial charge on any atom is 0.245 e. The Bertz CT molecular complexity index is 326. The molecule has 0 aromatic rings. The topological polar surface area (TPSA) is 49.4 Å². The van der Waals surface area contributed by atoms with Crippen molar-refractivity contribution in [1.82, 2.24) is 10.2 Å². The zero-order chi connectivity index (χ0) is 13.1. The van der Waals surface area contributed by atoms with Crippen LogP contribution in [0.5, 0.6) is 0 Å². The van der Waals surface area contributed by atoms with E-state index < -0.39 is 0 Å². The Labute approximate surface area is 109 Å². The Hall–Kier alpha value is -1.06. The van der Waals surface area contributed by atoms with Crippen LogP contribution in [0.3, 0.4) is 0 Å². The van der Waals surface area contributed by atoms with E-state index in [4.69, 9.17) is 0 Å². The highest BCUT2D eigenvalue weighted by Gasteiger charge is 2.35. The highest BCUT2D eigenvalue weighted by Crippen LogP contribution is 2.33. The first kappa shape index (κ1) is 13.4. The summed E-state index contributed by atoms with van der Waals surface area (Å²) in [6.07, 6.45) is 5.86. The average molecular weight is 252 g/mol. The standard InChI is InChI=1S/C14H24N2O2/c1-3-10(2)13-14(18)16(9-12(17)15-13)8-4-5-11-6-7-11/h10-11,13H,3-9H2,1-2H3,(H,15,17). The van der Waals surface area contributed by atoms with Crippen molar-refractivity contribution < 1.29 is 9.59 Å². The normalized spacial score (nSPS) is 26.1. The SMILES string of the molecule is CCC(C)C1NC(=O)CN(CCCC2CC2)C1=O. The molecule has 4 heteroatoms. The van der Waals surface area contributed by atoms with E-state index in [0.717, 1.165) is 25.3 Å². The van der Waals surface area contributed by atoms with E-state index in [-0.39, 0.29) is 30.3 Å². The molecule has 1 aliphatic heterocycles. The van der Waals surface area contributed by atoms with E-state index >= 15 is 0 Å². The number of hydrogen-bond acceptors (Lipinski definition) is 2. The lowest BCUT2D eigenvalue weighted by atomic mass is 9.96. The molecule has 1 N–H and O–H groups in total. The molecule has 0 bridgehead atoms. The van der Waals surface area contributed by atoms with E-state index in [2.05, 4.69) is 12.2 Å². The average Bonchev–Trinajstić information content (AvgIpc) is 3.16. The minimum atomic E-state index is -0.308. The smallest absolute Gasteiger partial charge is 0.245 e. The van der Waals surface area contributed by atoms with Crippen molar-refractivity contribution in [2.24, 2.45) is 11.8 Å². The summed E-state index contributed by atoms with van der Waals surface area (Å²) in [7, 11) is 0. The van der Waals surface area contributed by atoms with Gasteiger partial charge in [-0.3, -0.25) is 9.59 Å². The fourth-order valence-corrected chi connectivity index (χ4v) is 2.52. The first-order valence-electron chi connectivity index (χ1n) is 7.20. The minimum Gasteiger partial charge on any atom is -0.342 e. The third-order valence-corrected chi connectivity index (χ3v) is 4.18. The number of amides is 2. The fourth-order valence-electron chi connectivity index (χ4n) is 2.52. The van der Waals surface area contributed by atoms with Crippen LogP contribution in [0.2, 0.25) is 0 Å². The summed E-state index contributed by atoms with van der Waals surface area (Å²) >= 11 is 0. The predicted octanol–water partition coefficient (Wildman–Crippen LogP) is 1.55. The summed E-state index contributed by atoms with van der Waals surface area (Å²) in [5.74, 6) is 1.21. The maximum absolute atomic E-state index is 12.3. The second-order valence-corrected chi connectivity index (χ2v) is 5.78. The summed E-state index contributed by atoms with van der Waals surface area (Å²) < 4.78 is 0. The van der Waals surface area contributed by atoms with Gasteiger partial charge in [0.2, 0.25) is 11.8 Å². The van der Waals surface area contributed by atoms with Gasteiger partial charge in [0, 0.05) is 6.54 Å². The molecule has 2 fully saturated rings. The van der Waals surface area contributed by atoms with Crippen molar-refractivity contribution in [2.45, 2.75) is 52.0 Å². The van der Waals surface area contributed by atoms with Crippen molar-refractivity contribution >= 4 is 11.8 Å². The third kappa shape index (κ3) is 3.24. The van der Waals surface area contributed by atoms with Gasteiger partial charge in [0.05, 0.1) is 6.54 Å². The number of hydrogen-bond donors (Lipinski definition) is 1. The summed E-state index contributed by atoms with van der Waals surface area (Å²) in [6, 6.07) is -0.308. The van der Waals surface area contributed by atoms with Crippen LogP contribution < -0.4 is 5.32 Å². The summed E-state index contributed by atoms with van der Waals surface area (Å²) in [6.45, 7) is 5.07. The van der Waals surface area contributed by atoms with Gasteiger partial charge in [-0.1, -0.05) is 33.1 Å². The van der Waals surface area contributed by atoms with Crippen LogP contribution in [0, 0.1) is 11.8 Å². The van der Waals surface area contributed by atoms with Crippen LogP contribution in [-0.2, 0) is 9.59 Å². The zero-order valence-electron chi connectivity index (χ0n) is 11.4. The first-order valence-corrected chi connectivity index (χ1v) is 7.20. The monoisotopic (exact) mass is 252 g/mol. The molecule has 2 rings (SSSR count). The molecule has 0 spiro atoms. The lowest BCUT2D eigenvalue weighted by molar-refractivity contribution is -0.145. The molecule has 18 heavy (non-hydrogen) atoms. The summed E-state index contributed by atoms with van der Waals surface area (Å²) in [5, 5.41) is 2.83. The number of nitrogens with zero attached hydrogens (tertiary/aromatic N) is 1. The van der Waals surface area contributed by atoms with Gasteiger partial charge in [0.15, 0.2) is 0 Å². The first-order chi connectivity index (χ1) is 8.61. The van der Waals surface area contributed by atoms with Crippen LogP contribution in [0.15, 0.2) is 0 Å². The van der Waals surface area contributed by atoms with Crippen LogP contribution in [0.4, 0.5) is 0 Å². The highest BCUT2D eigenvalue weighted by atomic mass is 16.2. The number of rotatable bonds is 6. The Morgan fingerprint density at radius 1 is 1.39 bits per heavy atom. The molecular weight excluding hydrogens is 228 g/mol. The molecule has 2 unspecified atom stereocenters. The van der Waals surface area contributed by atoms with Gasteiger partial charge in [0.25, 0.3) is 0 Å². The Morgan fingerprint density at radius 2 is 2.11 bits per heavy atom. The minimum absolute atomic E-state index is 0.00804. The zero-order valence-corrected chi connectivity index (χ0v) is 11.4. The largest absolute Gasteiger partial charge is 0.342 e. The van der Waals surface area contributed by atoms with Gasteiger partial charge in [-0.05, 0) is 24.7 Å². The molecule has 1 aliphatic carbocycles. The molecular formula is C14H24N2O2. The Morgan fingerprint density at radius 3 is 2.72 bits per heavy atom. The second-order valence-electron chi connectivity index (χ2n) is 5.78. The number of nitrogens with one attached hydrogen (secondary N) is 1. The van der Waals surface area contributed by atoms with Gasteiger partial charge in [-0.2, -0.15) is 0 Å². The van der Waals surface area contributed by atoms with E-state index in [1.54, 1.807) is 4.90 Å². The molecule has 2 atom stereocenters. The van der Waals surface area contributed by atoms with Crippen molar-refractivity contribution in [1.29, 1.82) is 0 Å². The van der Waals surface area contributed by atoms with Crippen LogP contribution in [-0.4, -0.2) is 35.8 Å². The molecule has 0 aromatic heterocycles. The quantitative estimate of drug-likeness (QED) is 0.779. The van der Waals surface area contributed by atoms with Crippen molar-refractivity contribution in [3.8, 4) is 0 Å². The van der Waals surface area contributed by atoms with Crippen LogP contribution in [0.1, 0.15) is 46.0 Å². The van der Waals surface area contributed by atoms with Crippen molar-refractivity contribution in [3.05, 3.63) is 0 Å². The van der Waals surface area contributed by atoms with Gasteiger partial charge >= 0.3 is 0 Å². The van der Waals surface area contributed by atoms with Crippen LogP contribution >= 0.6 is 0 Å². The van der Waals surface area contributed by atoms with E-state index in [1.165, 1.54) is 19.3 Å². The lowest BCUT2D eigenvalue weighted by Crippen LogP contribution is -2.60. The second kappa shape index (κ2) is 5.72. The number of piperazine rings is 1. The number of carbonyl (C=O) groups is 2. The fraction of sp³-hybridized carbons (Fsp3) is 0.857. The molecule has 1 saturated heterocycles. The van der Waals surface area contributed by atoms with Crippen LogP contribution in [0.25, 0.3) is 0 Å². The highest BCUT2D eigenvalue weighted by molar-refractivity contribution is 5.94.